The van der Waals surface area contributed by atoms with Gasteiger partial charge in [-0.15, -0.1) is 0 Å². The van der Waals surface area contributed by atoms with Gasteiger partial charge >= 0.3 is 5.97 Å². The second-order valence-electron chi connectivity index (χ2n) is 3.26. The van der Waals surface area contributed by atoms with Gasteiger partial charge in [0.15, 0.2) is 0 Å². The van der Waals surface area contributed by atoms with Gasteiger partial charge in [-0.3, -0.25) is 0 Å². The maximum atomic E-state index is 10.8. The van der Waals surface area contributed by atoms with Gasteiger partial charge in [0, 0.05) is 5.02 Å². The third-order valence-corrected chi connectivity index (χ3v) is 2.23. The zero-order chi connectivity index (χ0) is 10.1. The number of halogens is 1. The minimum absolute atomic E-state index is 0.168. The number of benzene rings is 1. The topological polar surface area (TPSA) is 46.5 Å². The van der Waals surface area contributed by atoms with Gasteiger partial charge in [0.05, 0.1) is 6.10 Å². The highest BCUT2D eigenvalue weighted by Gasteiger charge is 2.25. The second kappa shape index (κ2) is 3.50. The highest BCUT2D eigenvalue weighted by molar-refractivity contribution is 6.30. The summed E-state index contributed by atoms with van der Waals surface area (Å²) in [5, 5.41) is 9.36. The summed E-state index contributed by atoms with van der Waals surface area (Å²) in [6.07, 6.45) is 2.16. The molecule has 4 heteroatoms. The van der Waals surface area contributed by atoms with Crippen LogP contribution in [0.2, 0.25) is 5.02 Å². The molecule has 1 saturated carbocycles. The molecule has 1 fully saturated rings. The number of ether oxygens (including phenoxy) is 1. The second-order valence-corrected chi connectivity index (χ2v) is 3.70. The SMILES string of the molecule is O=C(O)c1ccc(Cl)cc1OC1CC1. The average molecular weight is 213 g/mol. The van der Waals surface area contributed by atoms with Crippen molar-refractivity contribution in [2.45, 2.75) is 18.9 Å². The molecule has 1 aliphatic rings. The molecule has 0 amide bonds. The molecule has 1 aromatic carbocycles. The van der Waals surface area contributed by atoms with Gasteiger partial charge in [-0.1, -0.05) is 11.6 Å². The number of carbonyl (C=O) groups is 1. The summed E-state index contributed by atoms with van der Waals surface area (Å²) in [4.78, 5) is 10.8. The highest BCUT2D eigenvalue weighted by atomic mass is 35.5. The molecule has 0 saturated heterocycles. The van der Waals surface area contributed by atoms with Crippen LogP contribution >= 0.6 is 11.6 Å². The van der Waals surface area contributed by atoms with Crippen LogP contribution in [-0.4, -0.2) is 17.2 Å². The Labute approximate surface area is 86.3 Å². The standard InChI is InChI=1S/C10H9ClO3/c11-6-1-4-8(10(12)13)9(5-6)14-7-2-3-7/h1,4-5,7H,2-3H2,(H,12,13). The fraction of sp³-hybridized carbons (Fsp3) is 0.300. The molecular formula is C10H9ClO3. The summed E-state index contributed by atoms with van der Waals surface area (Å²) in [5.41, 5.74) is 0.168. The normalized spacial score (nSPS) is 15.2. The Hall–Kier alpha value is -1.22. The molecular weight excluding hydrogens is 204 g/mol. The monoisotopic (exact) mass is 212 g/mol. The first kappa shape index (κ1) is 9.34. The Bertz CT molecular complexity index is 372. The van der Waals surface area contributed by atoms with Crippen molar-refractivity contribution in [3.8, 4) is 5.75 Å². The van der Waals surface area contributed by atoms with Crippen molar-refractivity contribution in [3.05, 3.63) is 28.8 Å². The predicted molar refractivity (Wildman–Crippen MR) is 52.1 cm³/mol. The predicted octanol–water partition coefficient (Wildman–Crippen LogP) is 2.58. The van der Waals surface area contributed by atoms with Gasteiger partial charge in [0.2, 0.25) is 0 Å². The van der Waals surface area contributed by atoms with Crippen LogP contribution in [0.5, 0.6) is 5.75 Å². The molecule has 0 heterocycles. The van der Waals surface area contributed by atoms with Gasteiger partial charge in [0.25, 0.3) is 0 Å². The van der Waals surface area contributed by atoms with Crippen LogP contribution in [0.3, 0.4) is 0 Å². The summed E-state index contributed by atoms with van der Waals surface area (Å²) < 4.78 is 5.43. The Morgan fingerprint density at radius 2 is 2.21 bits per heavy atom. The maximum Gasteiger partial charge on any atom is 0.339 e. The molecule has 74 valence electrons. The lowest BCUT2D eigenvalue weighted by Crippen LogP contribution is -2.04. The van der Waals surface area contributed by atoms with Crippen molar-refractivity contribution in [3.63, 3.8) is 0 Å². The van der Waals surface area contributed by atoms with E-state index in [-0.39, 0.29) is 11.7 Å². The van der Waals surface area contributed by atoms with E-state index >= 15 is 0 Å². The van der Waals surface area contributed by atoms with Crippen LogP contribution in [0, 0.1) is 0 Å². The molecule has 14 heavy (non-hydrogen) atoms. The quantitative estimate of drug-likeness (QED) is 0.838. The fourth-order valence-electron chi connectivity index (χ4n) is 1.14. The van der Waals surface area contributed by atoms with E-state index in [0.29, 0.717) is 10.8 Å². The summed E-state index contributed by atoms with van der Waals surface area (Å²) in [6.45, 7) is 0. The lowest BCUT2D eigenvalue weighted by atomic mass is 10.2. The molecule has 0 atom stereocenters. The van der Waals surface area contributed by atoms with Gasteiger partial charge in [-0.05, 0) is 31.0 Å². The average Bonchev–Trinajstić information content (AvgIpc) is 2.87. The molecule has 3 nitrogen and oxygen atoms in total. The van der Waals surface area contributed by atoms with Crippen LogP contribution in [0.15, 0.2) is 18.2 Å². The van der Waals surface area contributed by atoms with Gasteiger partial charge < -0.3 is 9.84 Å². The first-order chi connectivity index (χ1) is 6.66. The molecule has 2 rings (SSSR count). The summed E-state index contributed by atoms with van der Waals surface area (Å²) in [7, 11) is 0. The molecule has 1 aliphatic carbocycles. The lowest BCUT2D eigenvalue weighted by Gasteiger charge is -2.07. The Morgan fingerprint density at radius 1 is 1.50 bits per heavy atom. The largest absolute Gasteiger partial charge is 0.489 e. The number of hydrogen-bond donors (Lipinski definition) is 1. The maximum absolute atomic E-state index is 10.8. The highest BCUT2D eigenvalue weighted by Crippen LogP contribution is 2.31. The number of carboxylic acids is 1. The number of hydrogen-bond acceptors (Lipinski definition) is 2. The fourth-order valence-corrected chi connectivity index (χ4v) is 1.30. The number of carboxylic acid groups (broad SMARTS) is 1. The van der Waals surface area contributed by atoms with E-state index in [1.807, 2.05) is 0 Å². The van der Waals surface area contributed by atoms with Crippen LogP contribution in [-0.2, 0) is 0 Å². The van der Waals surface area contributed by atoms with E-state index in [1.54, 1.807) is 12.1 Å². The Kier molecular flexibility index (Phi) is 2.33. The van der Waals surface area contributed by atoms with Crippen molar-refractivity contribution >= 4 is 17.6 Å². The molecule has 1 N–H and O–H groups in total. The lowest BCUT2D eigenvalue weighted by molar-refractivity contribution is 0.0692. The zero-order valence-corrected chi connectivity index (χ0v) is 8.12. The summed E-state index contributed by atoms with van der Waals surface area (Å²) in [5.74, 6) is -0.621. The van der Waals surface area contributed by atoms with Crippen LogP contribution in [0.25, 0.3) is 0 Å². The minimum Gasteiger partial charge on any atom is -0.489 e. The first-order valence-electron chi connectivity index (χ1n) is 4.36. The first-order valence-corrected chi connectivity index (χ1v) is 4.74. The Balaban J connectivity index is 2.31. The van der Waals surface area contributed by atoms with Crippen LogP contribution in [0.4, 0.5) is 0 Å². The number of rotatable bonds is 3. The van der Waals surface area contributed by atoms with Gasteiger partial charge in [-0.2, -0.15) is 0 Å². The van der Waals surface area contributed by atoms with E-state index in [4.69, 9.17) is 21.4 Å². The summed E-state index contributed by atoms with van der Waals surface area (Å²) >= 11 is 5.75. The van der Waals surface area contributed by atoms with E-state index in [9.17, 15) is 4.79 Å². The third kappa shape index (κ3) is 1.99. The zero-order valence-electron chi connectivity index (χ0n) is 7.37. The van der Waals surface area contributed by atoms with Gasteiger partial charge in [-0.25, -0.2) is 4.79 Å². The third-order valence-electron chi connectivity index (χ3n) is 1.99. The van der Waals surface area contributed by atoms with Gasteiger partial charge in [0.1, 0.15) is 11.3 Å². The van der Waals surface area contributed by atoms with E-state index < -0.39 is 5.97 Å². The molecule has 0 aromatic heterocycles. The van der Waals surface area contributed by atoms with E-state index in [1.165, 1.54) is 6.07 Å². The van der Waals surface area contributed by atoms with Crippen LogP contribution in [0.1, 0.15) is 23.2 Å². The Morgan fingerprint density at radius 3 is 2.79 bits per heavy atom. The molecule has 0 bridgehead atoms. The number of aromatic carboxylic acids is 1. The van der Waals surface area contributed by atoms with Crippen LogP contribution < -0.4 is 4.74 Å². The molecule has 0 aliphatic heterocycles. The van der Waals surface area contributed by atoms with E-state index in [2.05, 4.69) is 0 Å². The smallest absolute Gasteiger partial charge is 0.339 e. The van der Waals surface area contributed by atoms with Crippen molar-refractivity contribution in [2.24, 2.45) is 0 Å². The van der Waals surface area contributed by atoms with Crippen molar-refractivity contribution in [1.29, 1.82) is 0 Å². The van der Waals surface area contributed by atoms with Crippen molar-refractivity contribution < 1.29 is 14.6 Å². The van der Waals surface area contributed by atoms with Crippen molar-refractivity contribution in [2.75, 3.05) is 0 Å². The molecule has 0 spiro atoms. The molecule has 0 radical (unpaired) electrons. The van der Waals surface area contributed by atoms with E-state index in [0.717, 1.165) is 12.8 Å². The molecule has 0 unspecified atom stereocenters. The molecule has 1 aromatic rings. The van der Waals surface area contributed by atoms with Crippen molar-refractivity contribution in [1.82, 2.24) is 0 Å². The summed E-state index contributed by atoms with van der Waals surface area (Å²) in [6, 6.07) is 4.55. The minimum atomic E-state index is -0.989.